The van der Waals surface area contributed by atoms with Gasteiger partial charge in [-0.15, -0.1) is 10.2 Å². The summed E-state index contributed by atoms with van der Waals surface area (Å²) in [5.41, 5.74) is 5.53. The van der Waals surface area contributed by atoms with Crippen LogP contribution in [-0.4, -0.2) is 46.9 Å². The van der Waals surface area contributed by atoms with Crippen LogP contribution in [0.5, 0.6) is 0 Å². The van der Waals surface area contributed by atoms with Crippen molar-refractivity contribution in [3.8, 4) is 0 Å². The summed E-state index contributed by atoms with van der Waals surface area (Å²) in [4.78, 5) is 0. The predicted octanol–water partition coefficient (Wildman–Crippen LogP) is 1.32. The lowest BCUT2D eigenvalue weighted by atomic mass is 10.0. The van der Waals surface area contributed by atoms with E-state index < -0.39 is 14.8 Å². The van der Waals surface area contributed by atoms with Crippen LogP contribution in [0.25, 0.3) is 0 Å². The Morgan fingerprint density at radius 2 is 2.30 bits per heavy atom. The van der Waals surface area contributed by atoms with Crippen molar-refractivity contribution >= 4 is 26.5 Å². The highest BCUT2D eigenvalue weighted by Gasteiger charge is 2.43. The normalized spacial score (nSPS) is 28.5. The molecule has 0 spiro atoms. The van der Waals surface area contributed by atoms with Gasteiger partial charge in [-0.25, -0.2) is 8.42 Å². The van der Waals surface area contributed by atoms with Crippen LogP contribution in [0.2, 0.25) is 0 Å². The zero-order valence-corrected chi connectivity index (χ0v) is 14.5. The molecule has 0 aromatic carbocycles. The van der Waals surface area contributed by atoms with Gasteiger partial charge >= 0.3 is 0 Å². The van der Waals surface area contributed by atoms with Crippen molar-refractivity contribution in [2.45, 2.75) is 37.2 Å². The van der Waals surface area contributed by atoms with Crippen LogP contribution in [-0.2, 0) is 21.4 Å². The topological polar surface area (TPSA) is 98.4 Å². The molecule has 1 aliphatic heterocycles. The van der Waals surface area contributed by atoms with Crippen LogP contribution in [0, 0.1) is 0 Å². The molecule has 2 N–H and O–H groups in total. The Bertz CT molecular complexity index is 728. The van der Waals surface area contributed by atoms with Gasteiger partial charge in [-0.3, -0.25) is 0 Å². The molecule has 1 saturated heterocycles. The van der Waals surface area contributed by atoms with Crippen LogP contribution in [0.3, 0.4) is 0 Å². The molecule has 2 aliphatic rings. The minimum atomic E-state index is -3.40. The standard InChI is InChI=1S/C14H20N4O3S2/c1-14(6-3-2-4-7-14)23(19,20)18-8-5-11(9-18)21-10-12-16-17-13(15)22-12/h2-4,6,11H,5,7-10H2,1H3,(H2,15,17)/t11-,14?/m0/s1. The first-order chi connectivity index (χ1) is 10.9. The molecule has 3 rings (SSSR count). The van der Waals surface area contributed by atoms with Crippen LogP contribution in [0.15, 0.2) is 24.3 Å². The van der Waals surface area contributed by atoms with Gasteiger partial charge in [0.2, 0.25) is 15.2 Å². The van der Waals surface area contributed by atoms with Crippen molar-refractivity contribution in [3.63, 3.8) is 0 Å². The summed E-state index contributed by atoms with van der Waals surface area (Å²) >= 11 is 1.28. The van der Waals surface area contributed by atoms with Gasteiger partial charge in [0, 0.05) is 13.1 Å². The highest BCUT2D eigenvalue weighted by Crippen LogP contribution is 2.32. The molecule has 23 heavy (non-hydrogen) atoms. The maximum absolute atomic E-state index is 12.9. The molecular formula is C14H20N4O3S2. The fourth-order valence-electron chi connectivity index (χ4n) is 2.76. The molecule has 0 saturated carbocycles. The number of sulfonamides is 1. The van der Waals surface area contributed by atoms with Gasteiger partial charge in [0.15, 0.2) is 0 Å². The van der Waals surface area contributed by atoms with Crippen LogP contribution < -0.4 is 5.73 Å². The third-order valence-corrected chi connectivity index (χ3v) is 7.40. The van der Waals surface area contributed by atoms with Crippen molar-refractivity contribution in [1.82, 2.24) is 14.5 Å². The molecule has 7 nitrogen and oxygen atoms in total. The Labute approximate surface area is 139 Å². The molecule has 1 fully saturated rings. The maximum atomic E-state index is 12.9. The van der Waals surface area contributed by atoms with E-state index >= 15 is 0 Å². The number of ether oxygens (including phenoxy) is 1. The molecule has 2 heterocycles. The van der Waals surface area contributed by atoms with Gasteiger partial charge in [0.1, 0.15) is 16.4 Å². The van der Waals surface area contributed by atoms with Crippen LogP contribution >= 0.6 is 11.3 Å². The first-order valence-electron chi connectivity index (χ1n) is 7.44. The van der Waals surface area contributed by atoms with E-state index in [1.54, 1.807) is 19.1 Å². The van der Waals surface area contributed by atoms with Gasteiger partial charge in [0.05, 0.1) is 6.10 Å². The molecule has 126 valence electrons. The predicted molar refractivity (Wildman–Crippen MR) is 89.3 cm³/mol. The Balaban J connectivity index is 1.60. The van der Waals surface area contributed by atoms with E-state index in [4.69, 9.17) is 10.5 Å². The zero-order valence-electron chi connectivity index (χ0n) is 12.9. The van der Waals surface area contributed by atoms with E-state index in [0.717, 1.165) is 0 Å². The first kappa shape index (κ1) is 16.6. The largest absolute Gasteiger partial charge is 0.374 e. The zero-order chi connectivity index (χ0) is 16.5. The van der Waals surface area contributed by atoms with Gasteiger partial charge in [-0.1, -0.05) is 35.6 Å². The van der Waals surface area contributed by atoms with E-state index in [0.29, 0.717) is 42.7 Å². The smallest absolute Gasteiger partial charge is 0.223 e. The lowest BCUT2D eigenvalue weighted by molar-refractivity contribution is 0.0504. The quantitative estimate of drug-likeness (QED) is 0.854. The molecule has 0 bridgehead atoms. The number of hydrogen-bond acceptors (Lipinski definition) is 7. The van der Waals surface area contributed by atoms with E-state index in [1.165, 1.54) is 15.6 Å². The SMILES string of the molecule is CC1(S(=O)(=O)N2CC[C@H](OCc3nnc(N)s3)C2)C=CC=CC1. The summed E-state index contributed by atoms with van der Waals surface area (Å²) in [6.07, 6.45) is 8.39. The fraction of sp³-hybridized carbons (Fsp3) is 0.571. The molecule has 1 aromatic heterocycles. The number of nitrogens with two attached hydrogens (primary N) is 1. The molecule has 1 aromatic rings. The van der Waals surface area contributed by atoms with Crippen molar-refractivity contribution in [1.29, 1.82) is 0 Å². The molecule has 0 radical (unpaired) electrons. The second-order valence-electron chi connectivity index (χ2n) is 5.92. The monoisotopic (exact) mass is 356 g/mol. The third-order valence-electron chi connectivity index (χ3n) is 4.18. The van der Waals surface area contributed by atoms with Crippen molar-refractivity contribution in [2.75, 3.05) is 18.8 Å². The second-order valence-corrected chi connectivity index (χ2v) is 9.42. The van der Waals surface area contributed by atoms with Crippen molar-refractivity contribution < 1.29 is 13.2 Å². The lowest BCUT2D eigenvalue weighted by Crippen LogP contribution is -2.45. The Morgan fingerprint density at radius 1 is 1.48 bits per heavy atom. The Morgan fingerprint density at radius 3 is 2.96 bits per heavy atom. The molecule has 9 heteroatoms. The number of allylic oxidation sites excluding steroid dienone is 3. The molecule has 2 atom stereocenters. The van der Waals surface area contributed by atoms with Gasteiger partial charge in [0.25, 0.3) is 0 Å². The highest BCUT2D eigenvalue weighted by atomic mass is 32.2. The number of nitrogens with zero attached hydrogens (tertiary/aromatic N) is 3. The average molecular weight is 356 g/mol. The van der Waals surface area contributed by atoms with E-state index in [-0.39, 0.29) is 6.10 Å². The number of anilines is 1. The minimum absolute atomic E-state index is 0.124. The van der Waals surface area contributed by atoms with Gasteiger partial charge < -0.3 is 10.5 Å². The van der Waals surface area contributed by atoms with E-state index in [2.05, 4.69) is 10.2 Å². The number of hydrogen-bond donors (Lipinski definition) is 1. The lowest BCUT2D eigenvalue weighted by Gasteiger charge is -2.31. The Hall–Kier alpha value is -1.29. The average Bonchev–Trinajstić information content (AvgIpc) is 3.15. The molecule has 0 amide bonds. The molecule has 1 aliphatic carbocycles. The maximum Gasteiger partial charge on any atom is 0.223 e. The van der Waals surface area contributed by atoms with Crippen LogP contribution in [0.1, 0.15) is 24.8 Å². The molecular weight excluding hydrogens is 336 g/mol. The van der Waals surface area contributed by atoms with Gasteiger partial charge in [-0.05, 0) is 19.8 Å². The molecule has 1 unspecified atom stereocenters. The number of rotatable bonds is 5. The summed E-state index contributed by atoms with van der Waals surface area (Å²) in [6, 6.07) is 0. The van der Waals surface area contributed by atoms with E-state index in [9.17, 15) is 8.42 Å². The van der Waals surface area contributed by atoms with Gasteiger partial charge in [-0.2, -0.15) is 4.31 Å². The summed E-state index contributed by atoms with van der Waals surface area (Å²) < 4.78 is 32.2. The van der Waals surface area contributed by atoms with Crippen molar-refractivity contribution in [3.05, 3.63) is 29.3 Å². The highest BCUT2D eigenvalue weighted by molar-refractivity contribution is 7.90. The third kappa shape index (κ3) is 3.32. The first-order valence-corrected chi connectivity index (χ1v) is 9.70. The summed E-state index contributed by atoms with van der Waals surface area (Å²) in [5, 5.41) is 8.74. The Kier molecular flexibility index (Phi) is 4.54. The van der Waals surface area contributed by atoms with Crippen LogP contribution in [0.4, 0.5) is 5.13 Å². The number of aromatic nitrogens is 2. The van der Waals surface area contributed by atoms with E-state index in [1.807, 2.05) is 12.2 Å². The second kappa shape index (κ2) is 6.31. The minimum Gasteiger partial charge on any atom is -0.374 e. The van der Waals surface area contributed by atoms with Crippen molar-refractivity contribution in [2.24, 2.45) is 0 Å². The summed E-state index contributed by atoms with van der Waals surface area (Å²) in [5.74, 6) is 0. The number of nitrogen functional groups attached to an aromatic ring is 1. The summed E-state index contributed by atoms with van der Waals surface area (Å²) in [7, 11) is -3.40. The summed E-state index contributed by atoms with van der Waals surface area (Å²) in [6.45, 7) is 2.94. The fourth-order valence-corrected chi connectivity index (χ4v) is 5.15.